The Balaban J connectivity index is 1.53. The third-order valence-electron chi connectivity index (χ3n) is 5.52. The van der Waals surface area contributed by atoms with Crippen molar-refractivity contribution in [1.82, 2.24) is 14.6 Å². The maximum atomic E-state index is 12.7. The Hall–Kier alpha value is -3.18. The number of rotatable bonds is 9. The lowest BCUT2D eigenvalue weighted by Gasteiger charge is -2.35. The number of aromatic nitrogens is 1. The van der Waals surface area contributed by atoms with Gasteiger partial charge in [0.2, 0.25) is 10.0 Å². The topological polar surface area (TPSA) is 118 Å². The lowest BCUT2D eigenvalue weighted by atomic mass is 10.1. The number of benzene rings is 1. The molecule has 0 spiro atoms. The molecule has 1 aromatic carbocycles. The number of piperazine rings is 1. The molecule has 2 heterocycles. The minimum absolute atomic E-state index is 0.00592. The highest BCUT2D eigenvalue weighted by Crippen LogP contribution is 2.17. The van der Waals surface area contributed by atoms with Crippen molar-refractivity contribution in [2.24, 2.45) is 5.92 Å². The minimum atomic E-state index is -3.98. The van der Waals surface area contributed by atoms with Gasteiger partial charge in [0, 0.05) is 32.4 Å². The van der Waals surface area contributed by atoms with Crippen LogP contribution in [0.2, 0.25) is 0 Å². The summed E-state index contributed by atoms with van der Waals surface area (Å²) in [5.74, 6) is -0.150. The van der Waals surface area contributed by atoms with Crippen molar-refractivity contribution in [3.63, 3.8) is 0 Å². The van der Waals surface area contributed by atoms with Crippen LogP contribution in [0.5, 0.6) is 5.75 Å². The highest BCUT2D eigenvalue weighted by molar-refractivity contribution is 7.89. The number of nitrogens with one attached hydrogen (secondary N) is 1. The van der Waals surface area contributed by atoms with E-state index in [2.05, 4.69) is 14.6 Å². The van der Waals surface area contributed by atoms with Gasteiger partial charge in [-0.3, -0.25) is 9.59 Å². The fourth-order valence-corrected chi connectivity index (χ4v) is 4.82. The molecule has 0 aliphatic carbocycles. The largest absolute Gasteiger partial charge is 0.497 e. The number of hydrogen-bond acceptors (Lipinski definition) is 8. The average molecular weight is 491 g/mol. The summed E-state index contributed by atoms with van der Waals surface area (Å²) in [5.41, 5.74) is 0. The van der Waals surface area contributed by atoms with Crippen LogP contribution in [0.1, 0.15) is 13.8 Å². The molecular weight excluding hydrogens is 460 g/mol. The number of methoxy groups -OCH3 is 1. The van der Waals surface area contributed by atoms with Crippen LogP contribution in [0.3, 0.4) is 0 Å². The number of amides is 1. The zero-order valence-electron chi connectivity index (χ0n) is 19.5. The fraction of sp³-hybridized carbons (Fsp3) is 0.435. The molecule has 1 aliphatic heterocycles. The molecule has 0 radical (unpaired) electrons. The predicted octanol–water partition coefficient (Wildman–Crippen LogP) is 1.29. The van der Waals surface area contributed by atoms with Gasteiger partial charge >= 0.3 is 5.97 Å². The molecule has 3 rings (SSSR count). The van der Waals surface area contributed by atoms with Crippen molar-refractivity contribution in [2.75, 3.05) is 44.8 Å². The molecule has 0 unspecified atom stereocenters. The number of hydrogen-bond donors (Lipinski definition) is 1. The van der Waals surface area contributed by atoms with E-state index in [0.29, 0.717) is 31.9 Å². The number of esters is 1. The average Bonchev–Trinajstić information content (AvgIpc) is 2.86. The van der Waals surface area contributed by atoms with Gasteiger partial charge < -0.3 is 19.3 Å². The quantitative estimate of drug-likeness (QED) is 0.523. The van der Waals surface area contributed by atoms with Gasteiger partial charge in [0.15, 0.2) is 6.61 Å². The maximum absolute atomic E-state index is 12.7. The van der Waals surface area contributed by atoms with Gasteiger partial charge in [-0.1, -0.05) is 19.9 Å². The lowest BCUT2D eigenvalue weighted by molar-refractivity contribution is -0.154. The van der Waals surface area contributed by atoms with Crippen LogP contribution >= 0.6 is 0 Å². The Morgan fingerprint density at radius 1 is 1.06 bits per heavy atom. The third kappa shape index (κ3) is 6.45. The van der Waals surface area contributed by atoms with Gasteiger partial charge in [-0.25, -0.2) is 13.4 Å². The van der Waals surface area contributed by atoms with E-state index >= 15 is 0 Å². The normalized spacial score (nSPS) is 15.2. The molecule has 1 saturated heterocycles. The first kappa shape index (κ1) is 25.4. The van der Waals surface area contributed by atoms with Gasteiger partial charge in [-0.2, -0.15) is 4.72 Å². The summed E-state index contributed by atoms with van der Waals surface area (Å²) in [6, 6.07) is 10.3. The van der Waals surface area contributed by atoms with Crippen molar-refractivity contribution in [3.05, 3.63) is 48.7 Å². The van der Waals surface area contributed by atoms with Crippen molar-refractivity contribution in [3.8, 4) is 5.75 Å². The molecule has 1 aliphatic rings. The Morgan fingerprint density at radius 3 is 2.29 bits per heavy atom. The first-order valence-corrected chi connectivity index (χ1v) is 12.5. The zero-order chi connectivity index (χ0) is 24.7. The molecule has 1 atom stereocenters. The van der Waals surface area contributed by atoms with E-state index in [-0.39, 0.29) is 10.8 Å². The Morgan fingerprint density at radius 2 is 1.74 bits per heavy atom. The van der Waals surface area contributed by atoms with Crippen LogP contribution in [-0.4, -0.2) is 76.1 Å². The summed E-state index contributed by atoms with van der Waals surface area (Å²) in [6.45, 7) is 5.13. The van der Waals surface area contributed by atoms with Crippen LogP contribution < -0.4 is 14.4 Å². The Bertz CT molecular complexity index is 1070. The second-order valence-electron chi connectivity index (χ2n) is 8.18. The third-order valence-corrected chi connectivity index (χ3v) is 6.97. The van der Waals surface area contributed by atoms with E-state index in [1.54, 1.807) is 24.9 Å². The van der Waals surface area contributed by atoms with Crippen LogP contribution in [0.15, 0.2) is 53.6 Å². The first-order chi connectivity index (χ1) is 16.2. The van der Waals surface area contributed by atoms with E-state index in [1.165, 1.54) is 31.4 Å². The molecule has 2 aromatic rings. The molecule has 184 valence electrons. The molecule has 0 bridgehead atoms. The summed E-state index contributed by atoms with van der Waals surface area (Å²) in [6.07, 6.45) is 1.72. The standard InChI is InChI=1S/C23H30N4O6S/c1-17(2)22(25-34(30,31)19-9-7-18(32-3)8-10-19)23(29)33-16-21(28)27-14-12-26(13-15-27)20-6-4-5-11-24-20/h4-11,17,22,25H,12-16H2,1-3H3/t22-/m0/s1. The van der Waals surface area contributed by atoms with E-state index in [1.807, 2.05) is 18.2 Å². The van der Waals surface area contributed by atoms with E-state index in [9.17, 15) is 18.0 Å². The van der Waals surface area contributed by atoms with E-state index in [4.69, 9.17) is 9.47 Å². The SMILES string of the molecule is COc1ccc(S(=O)(=O)N[C@H](C(=O)OCC(=O)N2CCN(c3ccccn3)CC2)C(C)C)cc1. The van der Waals surface area contributed by atoms with Crippen molar-refractivity contribution in [1.29, 1.82) is 0 Å². The lowest BCUT2D eigenvalue weighted by Crippen LogP contribution is -2.51. The summed E-state index contributed by atoms with van der Waals surface area (Å²) in [4.78, 5) is 33.2. The monoisotopic (exact) mass is 490 g/mol. The summed E-state index contributed by atoms with van der Waals surface area (Å²) >= 11 is 0. The number of carbonyl (C=O) groups excluding carboxylic acids is 2. The van der Waals surface area contributed by atoms with Gasteiger partial charge in [0.05, 0.1) is 12.0 Å². The zero-order valence-corrected chi connectivity index (χ0v) is 20.3. The molecule has 11 heteroatoms. The number of ether oxygens (including phenoxy) is 2. The summed E-state index contributed by atoms with van der Waals surface area (Å²) in [5, 5.41) is 0. The van der Waals surface area contributed by atoms with Crippen LogP contribution in [0.25, 0.3) is 0 Å². The summed E-state index contributed by atoms with van der Waals surface area (Å²) < 4.78 is 38.1. The number of carbonyl (C=O) groups is 2. The molecule has 1 fully saturated rings. The highest BCUT2D eigenvalue weighted by atomic mass is 32.2. The van der Waals surface area contributed by atoms with Crippen LogP contribution in [0, 0.1) is 5.92 Å². The Kier molecular flexibility index (Phi) is 8.46. The Labute approximate surface area is 199 Å². The predicted molar refractivity (Wildman–Crippen MR) is 126 cm³/mol. The number of pyridine rings is 1. The van der Waals surface area contributed by atoms with Gasteiger partial charge in [0.1, 0.15) is 17.6 Å². The summed E-state index contributed by atoms with van der Waals surface area (Å²) in [7, 11) is -2.50. The second kappa shape index (κ2) is 11.3. The first-order valence-electron chi connectivity index (χ1n) is 11.0. The molecule has 34 heavy (non-hydrogen) atoms. The highest BCUT2D eigenvalue weighted by Gasteiger charge is 2.31. The van der Waals surface area contributed by atoms with Gasteiger partial charge in [0.25, 0.3) is 5.91 Å². The molecule has 1 amide bonds. The maximum Gasteiger partial charge on any atom is 0.324 e. The molecule has 0 saturated carbocycles. The van der Waals surface area contributed by atoms with Crippen LogP contribution in [-0.2, 0) is 24.3 Å². The van der Waals surface area contributed by atoms with Gasteiger partial charge in [-0.05, 0) is 42.3 Å². The van der Waals surface area contributed by atoms with E-state index < -0.39 is 34.6 Å². The second-order valence-corrected chi connectivity index (χ2v) is 9.90. The smallest absolute Gasteiger partial charge is 0.324 e. The fourth-order valence-electron chi connectivity index (χ4n) is 3.49. The van der Waals surface area contributed by atoms with Crippen LogP contribution in [0.4, 0.5) is 5.82 Å². The number of anilines is 1. The van der Waals surface area contributed by atoms with Crippen molar-refractivity contribution >= 4 is 27.7 Å². The number of nitrogens with zero attached hydrogens (tertiary/aromatic N) is 3. The van der Waals surface area contributed by atoms with Crippen molar-refractivity contribution in [2.45, 2.75) is 24.8 Å². The number of sulfonamides is 1. The van der Waals surface area contributed by atoms with Crippen molar-refractivity contribution < 1.29 is 27.5 Å². The molecular formula is C23H30N4O6S. The minimum Gasteiger partial charge on any atom is -0.497 e. The molecule has 1 N–H and O–H groups in total. The van der Waals surface area contributed by atoms with E-state index in [0.717, 1.165) is 5.82 Å². The van der Waals surface area contributed by atoms with Gasteiger partial charge in [-0.15, -0.1) is 0 Å². The molecule has 1 aromatic heterocycles. The molecule has 10 nitrogen and oxygen atoms in total.